The Morgan fingerprint density at radius 2 is 1.77 bits per heavy atom. The minimum Gasteiger partial charge on any atom is -0.471 e. The van der Waals surface area contributed by atoms with Crippen LogP contribution in [0.3, 0.4) is 0 Å². The number of hydrogen-bond donors (Lipinski definition) is 3. The van der Waals surface area contributed by atoms with Gasteiger partial charge in [0, 0.05) is 24.0 Å². The molecule has 2 amide bonds. The second kappa shape index (κ2) is 13.4. The van der Waals surface area contributed by atoms with Crippen molar-refractivity contribution in [2.24, 2.45) is 5.92 Å². The molecule has 3 aromatic rings. The summed E-state index contributed by atoms with van der Waals surface area (Å²) in [5.41, 5.74) is -1.13. The maximum Gasteiger partial charge on any atom is 0.391 e. The number of pyridine rings is 1. The van der Waals surface area contributed by atoms with Gasteiger partial charge in [0.2, 0.25) is 5.88 Å². The normalized spacial score (nSPS) is 17.6. The van der Waals surface area contributed by atoms with E-state index in [4.69, 9.17) is 27.9 Å². The zero-order valence-corrected chi connectivity index (χ0v) is 25.1. The van der Waals surface area contributed by atoms with Crippen LogP contribution in [0.1, 0.15) is 66.8 Å². The Kier molecular flexibility index (Phi) is 10.2. The van der Waals surface area contributed by atoms with Crippen molar-refractivity contribution < 1.29 is 40.7 Å². The first-order valence-corrected chi connectivity index (χ1v) is 14.4. The number of ether oxygens (including phenoxy) is 1. The summed E-state index contributed by atoms with van der Waals surface area (Å²) in [7, 11) is 0. The molecule has 2 heterocycles. The minimum atomic E-state index is -4.31. The van der Waals surface area contributed by atoms with Crippen LogP contribution in [0, 0.1) is 5.92 Å². The largest absolute Gasteiger partial charge is 0.471 e. The summed E-state index contributed by atoms with van der Waals surface area (Å²) in [4.78, 5) is 36.6. The molecular weight excluding hydrogens is 639 g/mol. The van der Waals surface area contributed by atoms with Gasteiger partial charge in [-0.3, -0.25) is 9.59 Å². The lowest BCUT2D eigenvalue weighted by molar-refractivity contribution is -0.182. The Balaban J connectivity index is 1.56. The highest BCUT2D eigenvalue weighted by molar-refractivity contribution is 6.36. The van der Waals surface area contributed by atoms with Gasteiger partial charge in [0.05, 0.1) is 16.5 Å². The highest BCUT2D eigenvalue weighted by atomic mass is 35.5. The predicted molar refractivity (Wildman–Crippen MR) is 151 cm³/mol. The molecule has 2 aromatic heterocycles. The lowest BCUT2D eigenvalue weighted by atomic mass is 9.85. The molecular formula is C28H29Cl2F6N5O3. The number of nitrogens with zero attached hydrogens (tertiary/aromatic N) is 2. The number of fused-ring (bicyclic) bond motifs is 1. The third kappa shape index (κ3) is 8.26. The predicted octanol–water partition coefficient (Wildman–Crippen LogP) is 6.71. The molecule has 4 rings (SSSR count). The lowest BCUT2D eigenvalue weighted by Crippen LogP contribution is -2.40. The Morgan fingerprint density at radius 1 is 1.09 bits per heavy atom. The average Bonchev–Trinajstić information content (AvgIpc) is 3.33. The molecule has 1 fully saturated rings. The van der Waals surface area contributed by atoms with Gasteiger partial charge in [0.1, 0.15) is 11.4 Å². The van der Waals surface area contributed by atoms with E-state index >= 15 is 0 Å². The van der Waals surface area contributed by atoms with Crippen molar-refractivity contribution in [3.05, 3.63) is 50.8 Å². The van der Waals surface area contributed by atoms with Crippen molar-refractivity contribution in [3.63, 3.8) is 0 Å². The van der Waals surface area contributed by atoms with Gasteiger partial charge in [0.25, 0.3) is 18.2 Å². The molecule has 0 bridgehead atoms. The first-order chi connectivity index (χ1) is 20.5. The van der Waals surface area contributed by atoms with Crippen LogP contribution < -0.4 is 15.4 Å². The zero-order valence-electron chi connectivity index (χ0n) is 23.6. The number of hydrogen-bond acceptors (Lipinski definition) is 5. The monoisotopic (exact) mass is 667 g/mol. The fourth-order valence-electron chi connectivity index (χ4n) is 4.80. The van der Waals surface area contributed by atoms with Gasteiger partial charge in [-0.2, -0.15) is 18.2 Å². The summed E-state index contributed by atoms with van der Waals surface area (Å²) in [6.07, 6.45) is -7.23. The van der Waals surface area contributed by atoms with Gasteiger partial charge in [-0.05, 0) is 62.8 Å². The molecule has 3 N–H and O–H groups in total. The number of carbonyl (C=O) groups excluding carboxylic acids is 2. The molecule has 0 spiro atoms. The molecule has 0 unspecified atom stereocenters. The van der Waals surface area contributed by atoms with Gasteiger partial charge < -0.3 is 20.4 Å². The highest BCUT2D eigenvalue weighted by Crippen LogP contribution is 2.38. The van der Waals surface area contributed by atoms with Crippen molar-refractivity contribution >= 4 is 46.2 Å². The van der Waals surface area contributed by atoms with Crippen LogP contribution in [0.5, 0.6) is 5.88 Å². The number of aromatic amines is 1. The van der Waals surface area contributed by atoms with Crippen LogP contribution in [0.2, 0.25) is 10.0 Å². The molecule has 1 saturated carbocycles. The van der Waals surface area contributed by atoms with E-state index in [0.717, 1.165) is 13.8 Å². The number of imidazole rings is 1. The molecule has 16 heteroatoms. The van der Waals surface area contributed by atoms with E-state index in [9.17, 15) is 35.9 Å². The second-order valence-electron chi connectivity index (χ2n) is 11.0. The summed E-state index contributed by atoms with van der Waals surface area (Å²) in [5, 5.41) is 5.59. The quantitative estimate of drug-likeness (QED) is 0.208. The van der Waals surface area contributed by atoms with Crippen LogP contribution in [0.15, 0.2) is 18.2 Å². The maximum atomic E-state index is 13.9. The second-order valence-corrected chi connectivity index (χ2v) is 11.8. The first kappa shape index (κ1) is 33.6. The molecule has 0 aliphatic heterocycles. The Morgan fingerprint density at radius 3 is 2.39 bits per heavy atom. The minimum absolute atomic E-state index is 0.0294. The van der Waals surface area contributed by atoms with Crippen LogP contribution in [-0.2, 0) is 17.8 Å². The first-order valence-electron chi connectivity index (χ1n) is 13.6. The molecule has 8 nitrogen and oxygen atoms in total. The number of halogens is 8. The van der Waals surface area contributed by atoms with Gasteiger partial charge in [-0.15, -0.1) is 0 Å². The van der Waals surface area contributed by atoms with E-state index < -0.39 is 54.5 Å². The number of alkyl halides is 6. The van der Waals surface area contributed by atoms with Crippen LogP contribution in [0.25, 0.3) is 11.2 Å². The summed E-state index contributed by atoms with van der Waals surface area (Å²) in [6.45, 7) is 1.11. The lowest BCUT2D eigenvalue weighted by Gasteiger charge is -2.30. The number of amides is 2. The van der Waals surface area contributed by atoms with E-state index in [2.05, 4.69) is 25.6 Å². The Labute approximate surface area is 258 Å². The fourth-order valence-corrected chi connectivity index (χ4v) is 5.37. The SMILES string of the molecule is CC(C)(F)C(=O)NCc1ccc(Cl)c(Cc2nc3nc(OCC(F)F)c(C(=O)NC4CCC(C(F)(F)F)CC4)cc3[nH]2)c1Cl. The van der Waals surface area contributed by atoms with E-state index in [1.165, 1.54) is 6.07 Å². The van der Waals surface area contributed by atoms with Crippen LogP contribution in [0.4, 0.5) is 26.3 Å². The number of rotatable bonds is 10. The third-order valence-corrected chi connectivity index (χ3v) is 8.02. The standard InChI is InChI=1S/C28H29Cl2F6N5O3/c1-27(2,33)26(43)37-11-13-3-8-18(29)16(22(13)30)10-21-39-19-9-17(25(41-23(19)40-21)44-12-20(31)32)24(42)38-15-6-4-14(5-7-15)28(34,35)36/h3,8-9,14-15,20H,4-7,10-12H2,1-2H3,(H,37,43)(H,38,42)(H,39,40,41). The topological polar surface area (TPSA) is 109 Å². The van der Waals surface area contributed by atoms with E-state index in [0.29, 0.717) is 11.1 Å². The van der Waals surface area contributed by atoms with E-state index in [1.54, 1.807) is 12.1 Å². The number of carbonyl (C=O) groups is 2. The van der Waals surface area contributed by atoms with E-state index in [-0.39, 0.29) is 71.2 Å². The fraction of sp³-hybridized carbons (Fsp3) is 0.500. The summed E-state index contributed by atoms with van der Waals surface area (Å²) >= 11 is 12.9. The molecule has 1 aliphatic rings. The van der Waals surface area contributed by atoms with Crippen molar-refractivity contribution in [2.45, 2.75) is 76.8 Å². The van der Waals surface area contributed by atoms with Crippen LogP contribution in [-0.4, -0.2) is 57.7 Å². The van der Waals surface area contributed by atoms with Crippen molar-refractivity contribution in [1.29, 1.82) is 0 Å². The highest BCUT2D eigenvalue weighted by Gasteiger charge is 2.41. The molecule has 0 saturated heterocycles. The number of H-pyrrole nitrogens is 1. The average molecular weight is 668 g/mol. The summed E-state index contributed by atoms with van der Waals surface area (Å²) < 4.78 is 84.0. The molecule has 240 valence electrons. The molecule has 1 aliphatic carbocycles. The molecule has 0 atom stereocenters. The Bertz CT molecular complexity index is 1520. The number of benzene rings is 1. The van der Waals surface area contributed by atoms with Gasteiger partial charge in [-0.1, -0.05) is 29.3 Å². The van der Waals surface area contributed by atoms with Crippen molar-refractivity contribution in [1.82, 2.24) is 25.6 Å². The van der Waals surface area contributed by atoms with Gasteiger partial charge >= 0.3 is 6.18 Å². The van der Waals surface area contributed by atoms with Gasteiger partial charge in [0.15, 0.2) is 17.9 Å². The zero-order chi connectivity index (χ0) is 32.4. The Hall–Kier alpha value is -3.26. The van der Waals surface area contributed by atoms with Crippen molar-refractivity contribution in [2.75, 3.05) is 6.61 Å². The summed E-state index contributed by atoms with van der Waals surface area (Å²) in [5.74, 6) is -3.14. The van der Waals surface area contributed by atoms with Gasteiger partial charge in [-0.25, -0.2) is 18.2 Å². The number of nitrogens with one attached hydrogen (secondary N) is 3. The smallest absolute Gasteiger partial charge is 0.391 e. The third-order valence-electron chi connectivity index (χ3n) is 7.19. The van der Waals surface area contributed by atoms with E-state index in [1.807, 2.05) is 0 Å². The molecule has 1 aromatic carbocycles. The van der Waals surface area contributed by atoms with Crippen LogP contribution >= 0.6 is 23.2 Å². The number of aromatic nitrogens is 3. The maximum absolute atomic E-state index is 13.9. The molecule has 0 radical (unpaired) electrons. The van der Waals surface area contributed by atoms with Crippen molar-refractivity contribution in [3.8, 4) is 5.88 Å². The molecule has 44 heavy (non-hydrogen) atoms. The summed E-state index contributed by atoms with van der Waals surface area (Å²) in [6, 6.07) is 3.89.